The number of carbonyl (C=O) groups excluding carboxylic acids is 5. The second-order valence-electron chi connectivity index (χ2n) is 15.4. The van der Waals surface area contributed by atoms with Gasteiger partial charge in [-0.05, 0) is 48.9 Å². The third kappa shape index (κ3) is 11.5. The van der Waals surface area contributed by atoms with Gasteiger partial charge in [-0.1, -0.05) is 73.3 Å². The number of hydrogen-bond acceptors (Lipinski definition) is 7. The largest absolute Gasteiger partial charge is 0.346 e. The van der Waals surface area contributed by atoms with Crippen LogP contribution in [0.3, 0.4) is 0 Å². The summed E-state index contributed by atoms with van der Waals surface area (Å²) < 4.78 is 28.1. The first-order valence-electron chi connectivity index (χ1n) is 18.0. The van der Waals surface area contributed by atoms with E-state index >= 15 is 0 Å². The zero-order valence-corrected chi connectivity index (χ0v) is 32.5. The molecular weight excluding hydrogens is 662 g/mol. The number of nitrogens with zero attached hydrogens (tertiary/aromatic N) is 3. The lowest BCUT2D eigenvalue weighted by Crippen LogP contribution is -2.62. The molecule has 1 aliphatic heterocycles. The standard InChI is InChI=1S/C35H63N7O7S/c1-11-16-26(29(43)32(45)36-20-12-2)37-31(44)28-25(23(3)4)19-21-42(28)33(46)30(35(5,6)7)39-34(47)38-27(24-17-14-13-15-18-24)22-41(10)50(48,49)40(8)9/h12,23-28,30H,2,11,13-22H2,1,3-10H3,(H,36,45)(H,37,44)(H2,38,39,47)/t25?,26?,27-,28+,30-/m1/s1. The minimum Gasteiger partial charge on any atom is -0.346 e. The highest BCUT2D eigenvalue weighted by atomic mass is 32.2. The third-order valence-corrected chi connectivity index (χ3v) is 11.8. The number of likely N-dealkylation sites (tertiary alicyclic amines) is 1. The maximum Gasteiger partial charge on any atom is 0.315 e. The molecule has 50 heavy (non-hydrogen) atoms. The van der Waals surface area contributed by atoms with Crippen LogP contribution in [0.15, 0.2) is 12.7 Å². The van der Waals surface area contributed by atoms with Gasteiger partial charge in [0.05, 0.1) is 6.04 Å². The molecule has 286 valence electrons. The summed E-state index contributed by atoms with van der Waals surface area (Å²) in [5.74, 6) is -2.66. The van der Waals surface area contributed by atoms with Crippen LogP contribution < -0.4 is 21.3 Å². The molecule has 0 aromatic heterocycles. The quantitative estimate of drug-likeness (QED) is 0.131. The van der Waals surface area contributed by atoms with Crippen molar-refractivity contribution in [2.24, 2.45) is 23.2 Å². The monoisotopic (exact) mass is 725 g/mol. The summed E-state index contributed by atoms with van der Waals surface area (Å²) in [4.78, 5) is 69.1. The van der Waals surface area contributed by atoms with Crippen molar-refractivity contribution < 1.29 is 32.4 Å². The summed E-state index contributed by atoms with van der Waals surface area (Å²) in [5.41, 5.74) is -0.763. The number of amides is 5. The van der Waals surface area contributed by atoms with Crippen molar-refractivity contribution in [2.75, 3.05) is 40.8 Å². The zero-order valence-electron chi connectivity index (χ0n) is 31.7. The highest BCUT2D eigenvalue weighted by molar-refractivity contribution is 7.86. The number of Topliss-reactive ketones (excluding diaryl/α,β-unsaturated/α-hetero) is 1. The van der Waals surface area contributed by atoms with Crippen molar-refractivity contribution in [3.8, 4) is 0 Å². The van der Waals surface area contributed by atoms with Crippen molar-refractivity contribution in [3.05, 3.63) is 12.7 Å². The molecule has 5 atom stereocenters. The van der Waals surface area contributed by atoms with Gasteiger partial charge in [-0.2, -0.15) is 17.0 Å². The van der Waals surface area contributed by atoms with Gasteiger partial charge >= 0.3 is 6.03 Å². The number of carbonyl (C=O) groups is 5. The molecule has 0 aromatic rings. The van der Waals surface area contributed by atoms with Crippen LogP contribution in [0.25, 0.3) is 0 Å². The van der Waals surface area contributed by atoms with E-state index in [2.05, 4.69) is 27.8 Å². The highest BCUT2D eigenvalue weighted by Crippen LogP contribution is 2.34. The molecule has 1 heterocycles. The fourth-order valence-electron chi connectivity index (χ4n) is 6.98. The number of rotatable bonds is 17. The van der Waals surface area contributed by atoms with Gasteiger partial charge in [0, 0.05) is 46.8 Å². The number of likely N-dealkylation sites (N-methyl/N-ethyl adjacent to an activating group) is 1. The molecule has 2 rings (SSSR count). The Morgan fingerprint density at radius 1 is 0.960 bits per heavy atom. The molecule has 1 aliphatic carbocycles. The zero-order chi connectivity index (χ0) is 38.0. The molecule has 0 spiro atoms. The lowest BCUT2D eigenvalue weighted by molar-refractivity contribution is -0.144. The molecule has 2 unspecified atom stereocenters. The average Bonchev–Trinajstić information content (AvgIpc) is 3.50. The van der Waals surface area contributed by atoms with E-state index in [1.165, 1.54) is 36.4 Å². The molecule has 5 amide bonds. The fraction of sp³-hybridized carbons (Fsp3) is 0.800. The van der Waals surface area contributed by atoms with Gasteiger partial charge in [0.15, 0.2) is 0 Å². The molecule has 0 bridgehead atoms. The summed E-state index contributed by atoms with van der Waals surface area (Å²) in [5, 5.41) is 11.1. The number of ketones is 1. The summed E-state index contributed by atoms with van der Waals surface area (Å²) in [6, 6.07) is -4.09. The Hall–Kier alpha value is -3.04. The topological polar surface area (TPSA) is 177 Å². The van der Waals surface area contributed by atoms with Crippen molar-refractivity contribution in [2.45, 2.75) is 117 Å². The molecule has 0 radical (unpaired) electrons. The third-order valence-electron chi connectivity index (χ3n) is 9.93. The van der Waals surface area contributed by atoms with Gasteiger partial charge in [-0.15, -0.1) is 6.58 Å². The molecule has 2 aliphatic rings. The minimum absolute atomic E-state index is 0.0239. The fourth-order valence-corrected chi connectivity index (χ4v) is 7.88. The van der Waals surface area contributed by atoms with Gasteiger partial charge in [0.2, 0.25) is 17.6 Å². The summed E-state index contributed by atoms with van der Waals surface area (Å²) in [7, 11) is 0.683. The molecular formula is C35H63N7O7S. The van der Waals surface area contributed by atoms with Crippen molar-refractivity contribution in [3.63, 3.8) is 0 Å². The second-order valence-corrected chi connectivity index (χ2v) is 17.6. The number of urea groups is 1. The van der Waals surface area contributed by atoms with Gasteiger partial charge in [0.1, 0.15) is 12.1 Å². The van der Waals surface area contributed by atoms with Crippen LogP contribution in [0.1, 0.15) is 92.9 Å². The van der Waals surface area contributed by atoms with E-state index in [1.54, 1.807) is 0 Å². The highest BCUT2D eigenvalue weighted by Gasteiger charge is 2.48. The van der Waals surface area contributed by atoms with E-state index < -0.39 is 69.3 Å². The molecule has 15 heteroatoms. The van der Waals surface area contributed by atoms with E-state index in [1.807, 2.05) is 41.5 Å². The van der Waals surface area contributed by atoms with Crippen LogP contribution in [0.5, 0.6) is 0 Å². The SMILES string of the molecule is C=CCNC(=O)C(=O)C(CCC)NC(=O)[C@@H]1C(C(C)C)CCN1C(=O)[C@@H](NC(=O)N[C@H](CN(C)S(=O)(=O)N(C)C)C1CCCCC1)C(C)(C)C. The normalized spacial score (nSPS) is 20.7. The molecule has 2 fully saturated rings. The molecule has 14 nitrogen and oxygen atoms in total. The van der Waals surface area contributed by atoms with E-state index in [0.717, 1.165) is 36.4 Å². The van der Waals surface area contributed by atoms with Gasteiger partial charge < -0.3 is 26.2 Å². The van der Waals surface area contributed by atoms with Crippen LogP contribution in [0, 0.1) is 23.2 Å². The summed E-state index contributed by atoms with van der Waals surface area (Å²) >= 11 is 0. The Kier molecular flexibility index (Phi) is 16.4. The first kappa shape index (κ1) is 43.1. The smallest absolute Gasteiger partial charge is 0.315 e. The van der Waals surface area contributed by atoms with E-state index in [0.29, 0.717) is 12.8 Å². The first-order valence-corrected chi connectivity index (χ1v) is 19.4. The van der Waals surface area contributed by atoms with Crippen molar-refractivity contribution >= 4 is 39.7 Å². The van der Waals surface area contributed by atoms with Gasteiger partial charge in [-0.3, -0.25) is 19.2 Å². The summed E-state index contributed by atoms with van der Waals surface area (Å²) in [6.45, 7) is 15.3. The van der Waals surface area contributed by atoms with E-state index in [4.69, 9.17) is 0 Å². The summed E-state index contributed by atoms with van der Waals surface area (Å²) in [6.07, 6.45) is 7.54. The van der Waals surface area contributed by atoms with Crippen molar-refractivity contribution in [1.29, 1.82) is 0 Å². The van der Waals surface area contributed by atoms with Crippen LogP contribution in [0.2, 0.25) is 0 Å². The Morgan fingerprint density at radius 3 is 2.10 bits per heavy atom. The Balaban J connectivity index is 2.35. The Morgan fingerprint density at radius 2 is 1.58 bits per heavy atom. The number of nitrogens with one attached hydrogen (secondary N) is 4. The maximum absolute atomic E-state index is 14.4. The molecule has 1 saturated heterocycles. The second kappa shape index (κ2) is 19.0. The molecule has 4 N–H and O–H groups in total. The molecule has 1 saturated carbocycles. The van der Waals surface area contributed by atoms with E-state index in [9.17, 15) is 32.4 Å². The Labute approximate surface area is 300 Å². The first-order chi connectivity index (χ1) is 23.3. The molecule has 0 aromatic carbocycles. The van der Waals surface area contributed by atoms with Crippen LogP contribution in [0.4, 0.5) is 4.79 Å². The lowest BCUT2D eigenvalue weighted by atomic mass is 9.83. The average molecular weight is 726 g/mol. The predicted octanol–water partition coefficient (Wildman–Crippen LogP) is 2.42. The van der Waals surface area contributed by atoms with Crippen LogP contribution >= 0.6 is 0 Å². The maximum atomic E-state index is 14.4. The number of hydrogen-bond donors (Lipinski definition) is 4. The Bertz CT molecular complexity index is 1310. The van der Waals surface area contributed by atoms with Gasteiger partial charge in [-0.25, -0.2) is 4.79 Å². The van der Waals surface area contributed by atoms with Gasteiger partial charge in [0.25, 0.3) is 16.1 Å². The van der Waals surface area contributed by atoms with Crippen LogP contribution in [-0.2, 0) is 29.4 Å². The minimum atomic E-state index is -3.72. The van der Waals surface area contributed by atoms with Crippen LogP contribution in [-0.4, -0.2) is 116 Å². The predicted molar refractivity (Wildman–Crippen MR) is 194 cm³/mol. The van der Waals surface area contributed by atoms with E-state index in [-0.39, 0.29) is 43.8 Å². The lowest BCUT2D eigenvalue weighted by Gasteiger charge is -2.38. The van der Waals surface area contributed by atoms with Crippen molar-refractivity contribution in [1.82, 2.24) is 34.8 Å².